The van der Waals surface area contributed by atoms with Crippen LogP contribution < -0.4 is 87.6 Å². The van der Waals surface area contributed by atoms with E-state index in [9.17, 15) is 56.7 Å². The molecule has 33 nitrogen and oxygen atoms in total. The fourth-order valence-electron chi connectivity index (χ4n) is 14.6. The molecule has 0 amide bonds. The molecule has 2 aliphatic heterocycles. The first-order valence-electron chi connectivity index (χ1n) is 44.8. The van der Waals surface area contributed by atoms with Crippen LogP contribution in [0.3, 0.4) is 0 Å². The molecular weight excluding hydrogens is 1970 g/mol. The SMILES string of the molecule is COc1cc(N2CCN(C3CCN(C)CC3)CC2)ccc1Nc1ncc(Cl)c(Nc2cccc(P(C)(C)=O)c2)n1.COc1cc(P(C)(C)=O)ccc1Nc1ncc(C(F)(F)F)c(Nc2ccccc2S(=O)(=O)C(C)C)n1.COc1cc(P(C)(C)=O)ccc1Nc1ncc(C)c(Nc2ccccc2S(=O)(=O)C(C)C)n1.COc1cc(P(C)(C)=O)ccc1Nc1nccc(Nc2ccccc2S(=O)(=O)C(C)C)n1. The monoisotopic (exact) mass is 2090 g/mol. The first-order chi connectivity index (χ1) is 66.3. The van der Waals surface area contributed by atoms with Gasteiger partial charge >= 0.3 is 6.18 Å². The molecule has 0 spiro atoms. The highest BCUT2D eigenvalue weighted by atomic mass is 35.5. The van der Waals surface area contributed by atoms with Crippen LogP contribution in [0.4, 0.5) is 111 Å². The van der Waals surface area contributed by atoms with Crippen LogP contribution >= 0.6 is 40.2 Å². The quantitative estimate of drug-likeness (QED) is 0.0182. The molecule has 6 heterocycles. The fraction of sp³-hybridized carbons (Fsp3) is 0.340. The van der Waals surface area contributed by atoms with Gasteiger partial charge in [-0.05, 0) is 256 Å². The Bertz CT molecular complexity index is 7050. The number of alkyl halides is 3. The molecule has 44 heteroatoms. The van der Waals surface area contributed by atoms with Gasteiger partial charge in [-0.1, -0.05) is 60.1 Å². The number of sulfone groups is 3. The third kappa shape index (κ3) is 28.8. The maximum Gasteiger partial charge on any atom is 0.421 e. The number of rotatable bonds is 32. The number of hydrogen-bond acceptors (Lipinski definition) is 33. The Morgan fingerprint density at radius 3 is 1.20 bits per heavy atom. The van der Waals surface area contributed by atoms with Crippen molar-refractivity contribution in [3.63, 3.8) is 0 Å². The van der Waals surface area contributed by atoms with Crippen LogP contribution in [-0.4, -0.2) is 225 Å². The van der Waals surface area contributed by atoms with Crippen LogP contribution in [0, 0.1) is 6.92 Å². The summed E-state index contributed by atoms with van der Waals surface area (Å²) >= 11 is 6.40. The van der Waals surface area contributed by atoms with Gasteiger partial charge in [0, 0.05) is 95.0 Å². The predicted octanol–water partition coefficient (Wildman–Crippen LogP) is 19.6. The second-order valence-electron chi connectivity index (χ2n) is 35.7. The van der Waals surface area contributed by atoms with E-state index in [1.165, 1.54) is 85.4 Å². The summed E-state index contributed by atoms with van der Waals surface area (Å²) < 4.78 is 189. The number of piperidine rings is 1. The summed E-state index contributed by atoms with van der Waals surface area (Å²) in [5.74, 6) is 3.55. The van der Waals surface area contributed by atoms with Crippen molar-refractivity contribution >= 4 is 189 Å². The van der Waals surface area contributed by atoms with Crippen LogP contribution in [0.5, 0.6) is 23.0 Å². The Kier molecular flexibility index (Phi) is 36.2. The zero-order chi connectivity index (χ0) is 103. The third-order valence-electron chi connectivity index (χ3n) is 22.9. The van der Waals surface area contributed by atoms with Crippen molar-refractivity contribution in [3.8, 4) is 23.0 Å². The second-order valence-corrected chi connectivity index (χ2v) is 56.4. The van der Waals surface area contributed by atoms with Gasteiger partial charge in [0.25, 0.3) is 0 Å². The van der Waals surface area contributed by atoms with Gasteiger partial charge in [-0.25, -0.2) is 45.2 Å². The van der Waals surface area contributed by atoms with E-state index in [2.05, 4.69) is 116 Å². The lowest BCUT2D eigenvalue weighted by Gasteiger charge is -2.43. The number of nitrogens with one attached hydrogen (secondary N) is 8. The van der Waals surface area contributed by atoms with Gasteiger partial charge in [-0.2, -0.15) is 33.1 Å². The summed E-state index contributed by atoms with van der Waals surface area (Å²) in [6.45, 7) is 31.5. The van der Waals surface area contributed by atoms with Gasteiger partial charge < -0.3 is 89.5 Å². The van der Waals surface area contributed by atoms with E-state index >= 15 is 0 Å². The van der Waals surface area contributed by atoms with Crippen molar-refractivity contribution < 1.29 is 75.6 Å². The lowest BCUT2D eigenvalue weighted by atomic mass is 10.0. The van der Waals surface area contributed by atoms with Crippen molar-refractivity contribution in [2.75, 3.05) is 176 Å². The van der Waals surface area contributed by atoms with Gasteiger partial charge in [0.05, 0.1) is 105 Å². The average Bonchev–Trinajstić information content (AvgIpc) is 0.782. The minimum atomic E-state index is -4.81. The Morgan fingerprint density at radius 1 is 0.397 bits per heavy atom. The molecule has 8 N–H and O–H groups in total. The van der Waals surface area contributed by atoms with Crippen molar-refractivity contribution in [2.24, 2.45) is 0 Å². The molecule has 141 heavy (non-hydrogen) atoms. The highest BCUT2D eigenvalue weighted by Gasteiger charge is 2.37. The Morgan fingerprint density at radius 2 is 0.773 bits per heavy atom. The van der Waals surface area contributed by atoms with Crippen molar-refractivity contribution in [1.82, 2.24) is 49.7 Å². The number of methoxy groups -OCH3 is 4. The van der Waals surface area contributed by atoms with E-state index in [-0.39, 0.29) is 26.3 Å². The molecule has 0 saturated carbocycles. The first kappa shape index (κ1) is 110. The van der Waals surface area contributed by atoms with Crippen LogP contribution in [0.15, 0.2) is 215 Å². The summed E-state index contributed by atoms with van der Waals surface area (Å²) in [6, 6.07) is 50.5. The first-order valence-corrected chi connectivity index (χ1v) is 60.2. The number of nitrogens with zero attached hydrogens (tertiary/aromatic N) is 11. The molecule has 14 rings (SSSR count). The molecule has 0 radical (unpaired) electrons. The number of ether oxygens (including phenoxy) is 4. The molecule has 754 valence electrons. The van der Waals surface area contributed by atoms with Crippen LogP contribution in [-0.2, 0) is 53.9 Å². The number of piperazine rings is 1. The summed E-state index contributed by atoms with van der Waals surface area (Å²) in [7, 11) is -12.2. The Balaban J connectivity index is 0.000000180. The van der Waals surface area contributed by atoms with Gasteiger partial charge in [0.1, 0.15) is 79.6 Å². The standard InChI is InChI=1S/C29H39ClN7O2P.C23H26F3N4O4PS.C23H29N4O4PS.C22H27N4O4PS/c1-35-12-10-22(11-13-35)36-14-16-37(17-15-36)23-8-9-26(27(19-23)39-2)33-29-31-20-25(30)28(34-29)32-21-6-5-7-24(18-21)40(3,4)38;1-14(2)36(32,33)20-9-7-6-8-18(20)28-21-16(23(24,25)26)13-27-22(30-21)29-17-11-10-15(35(4,5)31)12-19(17)34-3;1-15(2)33(29,30)21-10-8-7-9-19(21)25-22-16(3)14-24-23(27-22)26-18-12-11-17(32(5,6)28)13-20(18)31-4;1-15(2)32(28,29)20-9-7-6-8-18(20)24-21-12-13-23-22(26-21)25-17-11-10-16(31(4,5)27)14-19(17)30-3/h5-9,18-20,22H,10-17H2,1-4H3,(H2,31,32,33,34);6-14H,1-5H3,(H2,27,28,29,30);7-15H,1-6H3,(H2,24,25,26,27);6-15H,1-5H3,(H2,23,24,25,26). The minimum absolute atomic E-state index is 0.0510. The maximum absolute atomic E-state index is 13.7. The molecular formula is C97H121ClF3N19O14P4S3. The topological polar surface area (TPSA) is 417 Å². The zero-order valence-corrected chi connectivity index (χ0v) is 89.0. The number of anilines is 17. The summed E-state index contributed by atoms with van der Waals surface area (Å²) in [5.41, 5.74) is 4.65. The van der Waals surface area contributed by atoms with E-state index < -0.39 is 91.4 Å². The zero-order valence-electron chi connectivity index (χ0n) is 82.2. The van der Waals surface area contributed by atoms with Crippen LogP contribution in [0.25, 0.3) is 0 Å². The van der Waals surface area contributed by atoms with Gasteiger partial charge in [0.15, 0.2) is 35.3 Å². The number of benzene rings is 8. The van der Waals surface area contributed by atoms with Crippen LogP contribution in [0.1, 0.15) is 65.5 Å². The molecule has 4 aromatic heterocycles. The number of likely N-dealkylation sites (tertiary alicyclic amines) is 1. The summed E-state index contributed by atoms with van der Waals surface area (Å²) in [5, 5.41) is 25.5. The number of halogens is 4. The minimum Gasteiger partial charge on any atom is -0.495 e. The largest absolute Gasteiger partial charge is 0.495 e. The summed E-state index contributed by atoms with van der Waals surface area (Å²) in [6.07, 6.45) is 3.08. The molecule has 8 aromatic carbocycles. The van der Waals surface area contributed by atoms with E-state index in [0.29, 0.717) is 114 Å². The molecule has 0 atom stereocenters. The van der Waals surface area contributed by atoms with Crippen LogP contribution in [0.2, 0.25) is 5.02 Å². The van der Waals surface area contributed by atoms with Gasteiger partial charge in [-0.15, -0.1) is 0 Å². The molecule has 0 bridgehead atoms. The third-order valence-corrected chi connectivity index (χ3v) is 35.9. The van der Waals surface area contributed by atoms with E-state index in [0.717, 1.165) is 59.9 Å². The van der Waals surface area contributed by atoms with Crippen molar-refractivity contribution in [1.29, 1.82) is 0 Å². The molecule has 0 aliphatic carbocycles. The normalized spacial score (nSPS) is 13.7. The second kappa shape index (κ2) is 46.5. The number of hydrogen-bond donors (Lipinski definition) is 8. The number of aryl methyl sites for hydroxylation is 1. The van der Waals surface area contributed by atoms with Gasteiger partial charge in [0.2, 0.25) is 23.8 Å². The van der Waals surface area contributed by atoms with E-state index in [1.807, 2.05) is 37.3 Å². The Labute approximate surface area is 828 Å². The summed E-state index contributed by atoms with van der Waals surface area (Å²) in [4.78, 5) is 42.1. The highest BCUT2D eigenvalue weighted by Crippen LogP contribution is 2.45. The fourth-order valence-corrected chi connectivity index (χ4v) is 21.8. The Hall–Kier alpha value is -11.8. The smallest absolute Gasteiger partial charge is 0.421 e. The van der Waals surface area contributed by atoms with E-state index in [4.69, 9.17) is 30.5 Å². The highest BCUT2D eigenvalue weighted by molar-refractivity contribution is 7.92. The number of aromatic nitrogens is 8. The van der Waals surface area contributed by atoms with E-state index in [1.54, 1.807) is 216 Å². The predicted molar refractivity (Wildman–Crippen MR) is 565 cm³/mol. The molecule has 2 aliphatic rings. The molecule has 12 aromatic rings. The van der Waals surface area contributed by atoms with Crippen molar-refractivity contribution in [2.45, 2.75) is 104 Å². The lowest BCUT2D eigenvalue weighted by molar-refractivity contribution is -0.137. The van der Waals surface area contributed by atoms with Gasteiger partial charge in [-0.3, -0.25) is 4.90 Å². The average molecular weight is 2090 g/mol. The molecule has 2 saturated heterocycles. The number of para-hydroxylation sites is 3. The van der Waals surface area contributed by atoms with Crippen molar-refractivity contribution in [3.05, 3.63) is 217 Å². The molecule has 2 fully saturated rings. The lowest BCUT2D eigenvalue weighted by Crippen LogP contribution is -2.53. The molecule has 0 unspecified atom stereocenters. The maximum atomic E-state index is 13.7.